The summed E-state index contributed by atoms with van der Waals surface area (Å²) in [7, 11) is 0. The summed E-state index contributed by atoms with van der Waals surface area (Å²) in [6.07, 6.45) is 0. The van der Waals surface area contributed by atoms with Crippen molar-refractivity contribution in [3.63, 3.8) is 0 Å². The van der Waals surface area contributed by atoms with E-state index in [-0.39, 0.29) is 30.4 Å². The van der Waals surface area contributed by atoms with Gasteiger partial charge in [-0.15, -0.1) is 24.8 Å². The van der Waals surface area contributed by atoms with Gasteiger partial charge in [0.25, 0.3) is 0 Å². The zero-order valence-corrected chi connectivity index (χ0v) is 24.8. The van der Waals surface area contributed by atoms with Crippen LogP contribution in [0.1, 0.15) is 35.5 Å². The van der Waals surface area contributed by atoms with E-state index in [0.29, 0.717) is 3.63 Å². The maximum absolute atomic E-state index is 4.18. The van der Waals surface area contributed by atoms with E-state index in [0.717, 1.165) is 0 Å². The fourth-order valence-electron chi connectivity index (χ4n) is 4.95. The molecule has 0 aliphatic heterocycles. The third-order valence-corrected chi connectivity index (χ3v) is 20.3. The molecule has 2 aromatic carbocycles. The molecule has 3 aromatic rings. The van der Waals surface area contributed by atoms with E-state index >= 15 is 0 Å². The largest absolute Gasteiger partial charge is 0.147 e. The van der Waals surface area contributed by atoms with Gasteiger partial charge in [-0.3, -0.25) is 0 Å². The third-order valence-electron chi connectivity index (χ3n) is 5.20. The van der Waals surface area contributed by atoms with Crippen molar-refractivity contribution in [2.45, 2.75) is 39.2 Å². The molecule has 0 saturated carbocycles. The first-order valence-corrected chi connectivity index (χ1v) is 24.2. The van der Waals surface area contributed by atoms with Gasteiger partial charge in [0, 0.05) is 0 Å². The molecule has 0 fully saturated rings. The summed E-state index contributed by atoms with van der Waals surface area (Å²) < 4.78 is 12.5. The second kappa shape index (κ2) is 7.89. The molecule has 28 heavy (non-hydrogen) atoms. The van der Waals surface area contributed by atoms with Gasteiger partial charge in [0.05, 0.1) is 0 Å². The van der Waals surface area contributed by atoms with Gasteiger partial charge < -0.3 is 0 Å². The minimum absolute atomic E-state index is 0. The van der Waals surface area contributed by atoms with Crippen LogP contribution in [0.25, 0.3) is 20.5 Å². The van der Waals surface area contributed by atoms with Crippen molar-refractivity contribution < 1.29 is 17.7 Å². The molecule has 4 rings (SSSR count). The van der Waals surface area contributed by atoms with Crippen LogP contribution in [0.5, 0.6) is 0 Å². The minimum Gasteiger partial charge on any atom is -0.147 e. The molecule has 1 unspecified atom stereocenters. The summed E-state index contributed by atoms with van der Waals surface area (Å²) in [4.78, 5) is 1.49. The van der Waals surface area contributed by atoms with E-state index in [1.807, 2.05) is 11.3 Å². The van der Waals surface area contributed by atoms with Gasteiger partial charge in [-0.05, 0) is 0 Å². The maximum Gasteiger partial charge on any atom is -0.147 e. The van der Waals surface area contributed by atoms with Crippen LogP contribution in [-0.4, -0.2) is 12.4 Å². The zero-order valence-electron chi connectivity index (χ0n) is 16.9. The SMILES string of the molecule is CC(C)(C)[NH][Zr]([CH3])([CH3])(=[SiH2])[CH]1c2cc(Br)ccc2-c2sc3ccccc3c21.Cl.Cl. The molecule has 152 valence electrons. The summed E-state index contributed by atoms with van der Waals surface area (Å²) in [5, 5.41) is 1.45. The molecule has 1 atom stereocenters. The summed E-state index contributed by atoms with van der Waals surface area (Å²) in [5.41, 5.74) is 4.67. The van der Waals surface area contributed by atoms with Crippen LogP contribution in [0.15, 0.2) is 46.9 Å². The van der Waals surface area contributed by atoms with Crippen molar-refractivity contribution in [1.82, 2.24) is 3.26 Å². The first-order valence-electron chi connectivity index (χ1n) is 9.13. The first kappa shape index (κ1) is 24.8. The van der Waals surface area contributed by atoms with E-state index < -0.39 is 17.7 Å². The predicted octanol–water partition coefficient (Wildman–Crippen LogP) is 7.21. The van der Waals surface area contributed by atoms with Gasteiger partial charge in [-0.2, -0.15) is 0 Å². The summed E-state index contributed by atoms with van der Waals surface area (Å²) >= 11 is 2.39. The van der Waals surface area contributed by atoms with Crippen molar-refractivity contribution in [3.8, 4) is 10.4 Å². The zero-order chi connectivity index (χ0) is 18.9. The molecule has 1 aromatic heterocycles. The maximum atomic E-state index is 4.18. The number of thiophene rings is 1. The Kier molecular flexibility index (Phi) is 6.99. The molecule has 0 saturated heterocycles. The summed E-state index contributed by atoms with van der Waals surface area (Å²) in [5.74, 6) is 0. The molecule has 1 aliphatic carbocycles. The van der Waals surface area contributed by atoms with Crippen LogP contribution in [0, 0.1) is 0 Å². The number of hydrogen-bond donors (Lipinski definition) is 1. The average molecular weight is 597 g/mol. The molecule has 1 nitrogen and oxygen atoms in total. The number of nitrogens with one attached hydrogen (secondary N) is 1. The van der Waals surface area contributed by atoms with Gasteiger partial charge in [-0.1, -0.05) is 0 Å². The van der Waals surface area contributed by atoms with Gasteiger partial charge >= 0.3 is 173 Å². The van der Waals surface area contributed by atoms with Crippen molar-refractivity contribution in [3.05, 3.63) is 58.1 Å². The monoisotopic (exact) mass is 593 g/mol. The number of halogens is 3. The second-order valence-electron chi connectivity index (χ2n) is 9.69. The fourth-order valence-corrected chi connectivity index (χ4v) is 25.0. The summed E-state index contributed by atoms with van der Waals surface area (Å²) in [6, 6.07) is 15.8. The third kappa shape index (κ3) is 4.28. The molecular formula is C21H28BrCl2NSSiZr. The Labute approximate surface area is 195 Å². The molecule has 1 heterocycles. The van der Waals surface area contributed by atoms with Crippen LogP contribution >= 0.6 is 52.1 Å². The molecule has 0 radical (unpaired) electrons. The van der Waals surface area contributed by atoms with Crippen LogP contribution < -0.4 is 3.26 Å². The topological polar surface area (TPSA) is 12.0 Å². The Hall–Kier alpha value is 0.520. The van der Waals surface area contributed by atoms with Gasteiger partial charge in [0.1, 0.15) is 0 Å². The molecule has 1 N–H and O–H groups in total. The van der Waals surface area contributed by atoms with Crippen molar-refractivity contribution >= 4 is 69.0 Å². The van der Waals surface area contributed by atoms with E-state index in [4.69, 9.17) is 0 Å². The fraction of sp³-hybridized carbons (Fsp3) is 0.333. The number of rotatable bonds is 2. The molecule has 7 heteroatoms. The number of benzene rings is 2. The smallest absolute Gasteiger partial charge is 0.147 e. The summed E-state index contributed by atoms with van der Waals surface area (Å²) in [6.45, 7) is 9.24. The number of fused-ring (bicyclic) bond motifs is 5. The van der Waals surface area contributed by atoms with Crippen LogP contribution in [0.3, 0.4) is 0 Å². The van der Waals surface area contributed by atoms with Crippen LogP contribution in [0.2, 0.25) is 9.26 Å². The Morgan fingerprint density at radius 1 is 1.07 bits per heavy atom. The van der Waals surface area contributed by atoms with Gasteiger partial charge in [-0.25, -0.2) is 0 Å². The standard InChI is InChI=1S/C15H8BrS.C4H10N.2CH3.2ClH.H2Si.Zr/c16-10-5-6-11-9(7-10)8-13-12-3-1-2-4-14(12)17-15(11)13;1-4(2,3)5;;;;;;/h1-8H;5H,1-3H3;2*1H3;2*1H;1H2;/q;-1;;;;;;+1. The van der Waals surface area contributed by atoms with Gasteiger partial charge in [0.15, 0.2) is 0 Å². The first-order chi connectivity index (χ1) is 11.9. The van der Waals surface area contributed by atoms with E-state index in [9.17, 15) is 0 Å². The Bertz CT molecular complexity index is 1110. The van der Waals surface area contributed by atoms with Crippen molar-refractivity contribution in [2.24, 2.45) is 0 Å². The Morgan fingerprint density at radius 2 is 1.71 bits per heavy atom. The molecule has 0 spiro atoms. The molecule has 1 aliphatic rings. The minimum atomic E-state index is -3.30. The normalized spacial score (nSPS) is 16.2. The van der Waals surface area contributed by atoms with Crippen molar-refractivity contribution in [2.75, 3.05) is 0 Å². The quantitative estimate of drug-likeness (QED) is 0.308. The van der Waals surface area contributed by atoms with E-state index in [1.165, 1.54) is 30.6 Å². The van der Waals surface area contributed by atoms with Crippen LogP contribution in [-0.2, 0) is 17.7 Å². The predicted molar refractivity (Wildman–Crippen MR) is 134 cm³/mol. The average Bonchev–Trinajstić information content (AvgIpc) is 2.97. The van der Waals surface area contributed by atoms with Crippen molar-refractivity contribution in [1.29, 1.82) is 0 Å². The molecular weight excluding hydrogens is 568 g/mol. The van der Waals surface area contributed by atoms with Crippen LogP contribution in [0.4, 0.5) is 0 Å². The van der Waals surface area contributed by atoms with Gasteiger partial charge in [0.2, 0.25) is 0 Å². The number of hydrogen-bond acceptors (Lipinski definition) is 2. The Morgan fingerprint density at radius 3 is 2.36 bits per heavy atom. The second-order valence-corrected chi connectivity index (χ2v) is 40.4. The molecule has 0 bridgehead atoms. The Balaban J connectivity index is 0.00000140. The van der Waals surface area contributed by atoms with E-state index in [1.54, 1.807) is 5.56 Å². The van der Waals surface area contributed by atoms with E-state index in [2.05, 4.69) is 98.6 Å². The molecule has 0 amide bonds.